The van der Waals surface area contributed by atoms with Crippen molar-refractivity contribution in [1.82, 2.24) is 10.2 Å². The highest BCUT2D eigenvalue weighted by Crippen LogP contribution is 2.17. The minimum Gasteiger partial charge on any atom is -0.496 e. The van der Waals surface area contributed by atoms with Gasteiger partial charge in [-0.15, -0.1) is 0 Å². The number of nitrogens with zero attached hydrogens (tertiary/aromatic N) is 1. The van der Waals surface area contributed by atoms with Crippen LogP contribution in [-0.4, -0.2) is 43.5 Å². The van der Waals surface area contributed by atoms with Crippen LogP contribution in [0.4, 0.5) is 0 Å². The molecule has 0 aromatic heterocycles. The summed E-state index contributed by atoms with van der Waals surface area (Å²) in [5, 5.41) is 2.71. The highest BCUT2D eigenvalue weighted by molar-refractivity contribution is 6.35. The lowest BCUT2D eigenvalue weighted by molar-refractivity contribution is -0.146. The normalized spacial score (nSPS) is 17.9. The van der Waals surface area contributed by atoms with Gasteiger partial charge in [0.05, 0.1) is 7.11 Å². The molecule has 0 bridgehead atoms. The number of amides is 2. The molecule has 1 unspecified atom stereocenters. The van der Waals surface area contributed by atoms with Crippen molar-refractivity contribution in [3.8, 4) is 5.75 Å². The van der Waals surface area contributed by atoms with Gasteiger partial charge in [0.2, 0.25) is 0 Å². The fraction of sp³-hybridized carbons (Fsp3) is 0.529. The van der Waals surface area contributed by atoms with Crippen LogP contribution in [0.3, 0.4) is 0 Å². The van der Waals surface area contributed by atoms with Crippen molar-refractivity contribution < 1.29 is 14.3 Å². The minimum atomic E-state index is -0.510. The zero-order valence-electron chi connectivity index (χ0n) is 13.3. The summed E-state index contributed by atoms with van der Waals surface area (Å²) >= 11 is 0. The Morgan fingerprint density at radius 1 is 1.36 bits per heavy atom. The number of rotatable bonds is 4. The maximum atomic E-state index is 12.1. The summed E-state index contributed by atoms with van der Waals surface area (Å²) < 4.78 is 5.27. The molecule has 1 aromatic rings. The second-order valence-electron chi connectivity index (χ2n) is 5.82. The Morgan fingerprint density at radius 2 is 2.14 bits per heavy atom. The number of nitrogens with one attached hydrogen (secondary N) is 1. The molecular weight excluding hydrogens is 280 g/mol. The van der Waals surface area contributed by atoms with Crippen molar-refractivity contribution in [1.29, 1.82) is 0 Å². The maximum Gasteiger partial charge on any atom is 0.311 e. The van der Waals surface area contributed by atoms with Crippen molar-refractivity contribution in [2.75, 3.05) is 26.7 Å². The summed E-state index contributed by atoms with van der Waals surface area (Å²) in [6.07, 6.45) is 2.74. The zero-order chi connectivity index (χ0) is 15.9. The molecular formula is C17H24N2O3. The van der Waals surface area contributed by atoms with E-state index in [9.17, 15) is 9.59 Å². The topological polar surface area (TPSA) is 58.6 Å². The van der Waals surface area contributed by atoms with Gasteiger partial charge >= 0.3 is 11.8 Å². The van der Waals surface area contributed by atoms with E-state index >= 15 is 0 Å². The SMILES string of the molecule is COc1ccccc1CCNC(=O)C(=O)N1CCCC(C)C1. The van der Waals surface area contributed by atoms with Crippen LogP contribution >= 0.6 is 0 Å². The molecule has 0 radical (unpaired) electrons. The van der Waals surface area contributed by atoms with Gasteiger partial charge < -0.3 is 15.0 Å². The highest BCUT2D eigenvalue weighted by Gasteiger charge is 2.25. The van der Waals surface area contributed by atoms with Crippen LogP contribution in [0.15, 0.2) is 24.3 Å². The predicted molar refractivity (Wildman–Crippen MR) is 84.7 cm³/mol. The Bertz CT molecular complexity index is 530. The fourth-order valence-electron chi connectivity index (χ4n) is 2.81. The number of carbonyl (C=O) groups excluding carboxylic acids is 2. The molecule has 1 aliphatic rings. The van der Waals surface area contributed by atoms with Crippen molar-refractivity contribution in [2.45, 2.75) is 26.2 Å². The highest BCUT2D eigenvalue weighted by atomic mass is 16.5. The number of hydrogen-bond donors (Lipinski definition) is 1. The molecule has 1 N–H and O–H groups in total. The average Bonchev–Trinajstić information content (AvgIpc) is 2.54. The monoisotopic (exact) mass is 304 g/mol. The van der Waals surface area contributed by atoms with Crippen LogP contribution in [0, 0.1) is 5.92 Å². The number of para-hydroxylation sites is 1. The number of benzene rings is 1. The van der Waals surface area contributed by atoms with Gasteiger partial charge in [0.25, 0.3) is 0 Å². The first-order valence-electron chi connectivity index (χ1n) is 7.80. The second kappa shape index (κ2) is 7.82. The Balaban J connectivity index is 1.81. The first-order valence-corrected chi connectivity index (χ1v) is 7.80. The first kappa shape index (κ1) is 16.3. The molecule has 1 fully saturated rings. The number of ether oxygens (including phenoxy) is 1. The lowest BCUT2D eigenvalue weighted by atomic mass is 10.0. The Kier molecular flexibility index (Phi) is 5.81. The lowest BCUT2D eigenvalue weighted by Crippen LogP contribution is -2.47. The third kappa shape index (κ3) is 4.23. The summed E-state index contributed by atoms with van der Waals surface area (Å²) in [5.74, 6) is 0.350. The van der Waals surface area contributed by atoms with Crippen molar-refractivity contribution in [2.24, 2.45) is 5.92 Å². The van der Waals surface area contributed by atoms with Gasteiger partial charge in [0.15, 0.2) is 0 Å². The lowest BCUT2D eigenvalue weighted by Gasteiger charge is -2.30. The summed E-state index contributed by atoms with van der Waals surface area (Å²) in [6.45, 7) is 3.90. The zero-order valence-corrected chi connectivity index (χ0v) is 13.3. The van der Waals surface area contributed by atoms with Crippen LogP contribution in [0.5, 0.6) is 5.75 Å². The van der Waals surface area contributed by atoms with Gasteiger partial charge in [-0.2, -0.15) is 0 Å². The first-order chi connectivity index (χ1) is 10.6. The van der Waals surface area contributed by atoms with E-state index in [1.807, 2.05) is 24.3 Å². The van der Waals surface area contributed by atoms with Gasteiger partial charge in [-0.3, -0.25) is 9.59 Å². The van der Waals surface area contributed by atoms with Crippen molar-refractivity contribution >= 4 is 11.8 Å². The maximum absolute atomic E-state index is 12.1. The second-order valence-corrected chi connectivity index (χ2v) is 5.82. The molecule has 5 nitrogen and oxygen atoms in total. The van der Waals surface area contributed by atoms with E-state index < -0.39 is 11.8 Å². The summed E-state index contributed by atoms with van der Waals surface area (Å²) in [6, 6.07) is 7.68. The Hall–Kier alpha value is -2.04. The number of piperidine rings is 1. The van der Waals surface area contributed by atoms with E-state index in [0.717, 1.165) is 24.2 Å². The van der Waals surface area contributed by atoms with E-state index in [1.165, 1.54) is 0 Å². The Morgan fingerprint density at radius 3 is 2.86 bits per heavy atom. The predicted octanol–water partition coefficient (Wildman–Crippen LogP) is 1.61. The smallest absolute Gasteiger partial charge is 0.311 e. The molecule has 2 amide bonds. The quantitative estimate of drug-likeness (QED) is 0.860. The van der Waals surface area contributed by atoms with Gasteiger partial charge in [-0.1, -0.05) is 25.1 Å². The molecule has 1 heterocycles. The standard InChI is InChI=1S/C17H24N2O3/c1-13-6-5-11-19(12-13)17(21)16(20)18-10-9-14-7-3-4-8-15(14)22-2/h3-4,7-8,13H,5-6,9-12H2,1-2H3,(H,18,20). The van der Waals surface area contributed by atoms with Crippen molar-refractivity contribution in [3.63, 3.8) is 0 Å². The van der Waals surface area contributed by atoms with Gasteiger partial charge in [0.1, 0.15) is 5.75 Å². The minimum absolute atomic E-state index is 0.411. The number of carbonyl (C=O) groups is 2. The fourth-order valence-corrected chi connectivity index (χ4v) is 2.81. The van der Waals surface area contributed by atoms with Gasteiger partial charge in [-0.05, 0) is 36.8 Å². The third-order valence-corrected chi connectivity index (χ3v) is 4.01. The Labute approximate surface area is 131 Å². The van der Waals surface area contributed by atoms with E-state index in [-0.39, 0.29) is 0 Å². The summed E-state index contributed by atoms with van der Waals surface area (Å²) in [7, 11) is 1.62. The summed E-state index contributed by atoms with van der Waals surface area (Å²) in [5.41, 5.74) is 1.02. The molecule has 5 heteroatoms. The van der Waals surface area contributed by atoms with Crippen molar-refractivity contribution in [3.05, 3.63) is 29.8 Å². The molecule has 2 rings (SSSR count). The van der Waals surface area contributed by atoms with Gasteiger partial charge in [0, 0.05) is 19.6 Å². The van der Waals surface area contributed by atoms with Crippen LogP contribution in [0.1, 0.15) is 25.3 Å². The third-order valence-electron chi connectivity index (χ3n) is 4.01. The molecule has 0 spiro atoms. The molecule has 0 saturated carbocycles. The molecule has 1 atom stereocenters. The van der Waals surface area contributed by atoms with E-state index in [0.29, 0.717) is 32.0 Å². The molecule has 22 heavy (non-hydrogen) atoms. The number of hydrogen-bond acceptors (Lipinski definition) is 3. The van der Waals surface area contributed by atoms with E-state index in [4.69, 9.17) is 4.74 Å². The van der Waals surface area contributed by atoms with E-state index in [2.05, 4.69) is 12.2 Å². The van der Waals surface area contributed by atoms with Crippen LogP contribution < -0.4 is 10.1 Å². The molecule has 1 aromatic carbocycles. The van der Waals surface area contributed by atoms with Crippen LogP contribution in [-0.2, 0) is 16.0 Å². The summed E-state index contributed by atoms with van der Waals surface area (Å²) in [4.78, 5) is 25.7. The van der Waals surface area contributed by atoms with Crippen LogP contribution in [0.25, 0.3) is 0 Å². The average molecular weight is 304 g/mol. The molecule has 120 valence electrons. The molecule has 1 aliphatic heterocycles. The number of methoxy groups -OCH3 is 1. The molecule has 1 saturated heterocycles. The van der Waals surface area contributed by atoms with Gasteiger partial charge in [-0.25, -0.2) is 0 Å². The molecule has 0 aliphatic carbocycles. The number of likely N-dealkylation sites (tertiary alicyclic amines) is 1. The largest absolute Gasteiger partial charge is 0.496 e. The van der Waals surface area contributed by atoms with Crippen LogP contribution in [0.2, 0.25) is 0 Å². The van der Waals surface area contributed by atoms with E-state index in [1.54, 1.807) is 12.0 Å².